The van der Waals surface area contributed by atoms with Crippen LogP contribution in [0.3, 0.4) is 0 Å². The molecule has 3 rings (SSSR count). The van der Waals surface area contributed by atoms with Crippen LogP contribution in [0.25, 0.3) is 0 Å². The number of piperazine rings is 1. The van der Waals surface area contributed by atoms with Crippen LogP contribution in [0.4, 0.5) is 11.4 Å². The Kier molecular flexibility index (Phi) is 6.37. The van der Waals surface area contributed by atoms with Gasteiger partial charge in [0, 0.05) is 43.9 Å². The maximum absolute atomic E-state index is 12.8. The first-order valence-electron chi connectivity index (χ1n) is 9.59. The van der Waals surface area contributed by atoms with Crippen LogP contribution in [0.2, 0.25) is 0 Å². The number of carbonyl (C=O) groups excluding carboxylic acids is 1. The minimum atomic E-state index is -3.61. The Labute approximate surface area is 175 Å². The number of nitrogens with one attached hydrogen (secondary N) is 1. The summed E-state index contributed by atoms with van der Waals surface area (Å²) in [5.41, 5.74) is 0.989. The largest absolute Gasteiger partial charge is 0.362 e. The molecule has 1 amide bonds. The molecule has 9 nitrogen and oxygen atoms in total. The number of amides is 1. The van der Waals surface area contributed by atoms with Crippen molar-refractivity contribution in [1.82, 2.24) is 9.62 Å². The molecular formula is C20H24N4O5S. The molecular weight excluding hydrogens is 408 g/mol. The normalized spacial score (nSPS) is 14.8. The minimum Gasteiger partial charge on any atom is -0.362 e. The zero-order valence-electron chi connectivity index (χ0n) is 16.8. The summed E-state index contributed by atoms with van der Waals surface area (Å²) in [4.78, 5) is 27.3. The third-order valence-corrected chi connectivity index (χ3v) is 6.46. The summed E-state index contributed by atoms with van der Waals surface area (Å²) in [6.07, 6.45) is 0. The monoisotopic (exact) mass is 432 g/mol. The first kappa shape index (κ1) is 21.7. The van der Waals surface area contributed by atoms with Crippen molar-refractivity contribution in [3.05, 3.63) is 64.2 Å². The van der Waals surface area contributed by atoms with Gasteiger partial charge in [-0.15, -0.1) is 0 Å². The van der Waals surface area contributed by atoms with Crippen LogP contribution < -0.4 is 9.62 Å². The summed E-state index contributed by atoms with van der Waals surface area (Å²) >= 11 is 0. The van der Waals surface area contributed by atoms with E-state index in [1.807, 2.05) is 4.90 Å². The van der Waals surface area contributed by atoms with Crippen molar-refractivity contribution >= 4 is 27.3 Å². The Morgan fingerprint density at radius 3 is 2.20 bits per heavy atom. The van der Waals surface area contributed by atoms with E-state index in [9.17, 15) is 23.3 Å². The molecule has 160 valence electrons. The molecule has 0 spiro atoms. The highest BCUT2D eigenvalue weighted by Gasteiger charge is 2.26. The Hall–Kier alpha value is -2.98. The van der Waals surface area contributed by atoms with E-state index >= 15 is 0 Å². The fraction of sp³-hybridized carbons (Fsp3) is 0.350. The summed E-state index contributed by atoms with van der Waals surface area (Å²) in [6.45, 7) is 5.25. The molecule has 1 saturated heterocycles. The van der Waals surface area contributed by atoms with Crippen LogP contribution in [-0.4, -0.2) is 56.4 Å². The van der Waals surface area contributed by atoms with Gasteiger partial charge >= 0.3 is 0 Å². The average molecular weight is 433 g/mol. The highest BCUT2D eigenvalue weighted by atomic mass is 32.2. The number of rotatable bonds is 6. The van der Waals surface area contributed by atoms with Crippen molar-refractivity contribution in [2.75, 3.05) is 31.1 Å². The van der Waals surface area contributed by atoms with Gasteiger partial charge in [0.05, 0.1) is 9.82 Å². The lowest BCUT2D eigenvalue weighted by Crippen LogP contribution is -2.49. The predicted molar refractivity (Wildman–Crippen MR) is 113 cm³/mol. The standard InChI is InChI=1S/C20H24N4O5S/c1-15(2)21-30(28,29)17-9-7-16(8-10-17)20(25)23-13-11-22(12-14-23)18-5-3-4-6-19(18)24(26)27/h3-10,15,21H,11-14H2,1-2H3. The highest BCUT2D eigenvalue weighted by molar-refractivity contribution is 7.89. The number of nitrogens with zero attached hydrogens (tertiary/aromatic N) is 3. The van der Waals surface area contributed by atoms with E-state index in [1.165, 1.54) is 30.3 Å². The molecule has 2 aromatic rings. The maximum atomic E-state index is 12.8. The van der Waals surface area contributed by atoms with Crippen LogP contribution >= 0.6 is 0 Å². The first-order valence-corrected chi connectivity index (χ1v) is 11.1. The number of hydrogen-bond acceptors (Lipinski definition) is 6. The molecule has 0 atom stereocenters. The molecule has 10 heteroatoms. The number of nitro benzene ring substituents is 1. The molecule has 1 aliphatic rings. The molecule has 1 heterocycles. The fourth-order valence-corrected chi connectivity index (χ4v) is 4.63. The van der Waals surface area contributed by atoms with Crippen LogP contribution in [0.5, 0.6) is 0 Å². The second-order valence-electron chi connectivity index (χ2n) is 7.33. The van der Waals surface area contributed by atoms with Gasteiger partial charge in [-0.2, -0.15) is 0 Å². The summed E-state index contributed by atoms with van der Waals surface area (Å²) in [6, 6.07) is 12.2. The molecule has 0 bridgehead atoms. The van der Waals surface area contributed by atoms with Gasteiger partial charge in [0.15, 0.2) is 0 Å². The fourth-order valence-electron chi connectivity index (χ4n) is 3.37. The molecule has 30 heavy (non-hydrogen) atoms. The van der Waals surface area contributed by atoms with Gasteiger partial charge < -0.3 is 9.80 Å². The number of anilines is 1. The third-order valence-electron chi connectivity index (χ3n) is 4.79. The van der Waals surface area contributed by atoms with E-state index in [2.05, 4.69) is 4.72 Å². The lowest BCUT2D eigenvalue weighted by molar-refractivity contribution is -0.384. The average Bonchev–Trinajstić information content (AvgIpc) is 2.72. The number of sulfonamides is 1. The number of benzene rings is 2. The summed E-state index contributed by atoms with van der Waals surface area (Å²) in [5, 5.41) is 11.2. The second-order valence-corrected chi connectivity index (χ2v) is 9.04. The summed E-state index contributed by atoms with van der Waals surface area (Å²) in [7, 11) is -3.61. The van der Waals surface area contributed by atoms with Crippen molar-refractivity contribution in [2.24, 2.45) is 0 Å². The zero-order valence-corrected chi connectivity index (χ0v) is 17.6. The van der Waals surface area contributed by atoms with E-state index in [1.54, 1.807) is 36.9 Å². The zero-order chi connectivity index (χ0) is 21.9. The number of nitro groups is 1. The molecule has 0 aromatic heterocycles. The van der Waals surface area contributed by atoms with Gasteiger partial charge in [0.25, 0.3) is 11.6 Å². The maximum Gasteiger partial charge on any atom is 0.292 e. The minimum absolute atomic E-state index is 0.0454. The Bertz CT molecular complexity index is 1030. The van der Waals surface area contributed by atoms with E-state index in [0.29, 0.717) is 37.4 Å². The predicted octanol–water partition coefficient (Wildman–Crippen LogP) is 2.24. The number of para-hydroxylation sites is 2. The van der Waals surface area contributed by atoms with Crippen LogP contribution in [0.15, 0.2) is 53.4 Å². The first-order chi connectivity index (χ1) is 14.2. The second kappa shape index (κ2) is 8.80. The van der Waals surface area contributed by atoms with Crippen molar-refractivity contribution in [1.29, 1.82) is 0 Å². The molecule has 0 radical (unpaired) electrons. The van der Waals surface area contributed by atoms with E-state index in [-0.39, 0.29) is 22.5 Å². The lowest BCUT2D eigenvalue weighted by atomic mass is 10.1. The summed E-state index contributed by atoms with van der Waals surface area (Å²) in [5.74, 6) is -0.196. The summed E-state index contributed by atoms with van der Waals surface area (Å²) < 4.78 is 26.9. The van der Waals surface area contributed by atoms with Gasteiger partial charge in [-0.3, -0.25) is 14.9 Å². The molecule has 0 saturated carbocycles. The van der Waals surface area contributed by atoms with Gasteiger partial charge in [-0.25, -0.2) is 13.1 Å². The van der Waals surface area contributed by atoms with E-state index in [4.69, 9.17) is 0 Å². The lowest BCUT2D eigenvalue weighted by Gasteiger charge is -2.35. The Morgan fingerprint density at radius 2 is 1.63 bits per heavy atom. The van der Waals surface area contributed by atoms with Gasteiger partial charge in [-0.05, 0) is 44.2 Å². The van der Waals surface area contributed by atoms with Crippen LogP contribution in [-0.2, 0) is 10.0 Å². The highest BCUT2D eigenvalue weighted by Crippen LogP contribution is 2.28. The quantitative estimate of drug-likeness (QED) is 0.553. The van der Waals surface area contributed by atoms with E-state index < -0.39 is 14.9 Å². The van der Waals surface area contributed by atoms with Crippen molar-refractivity contribution < 1.29 is 18.1 Å². The van der Waals surface area contributed by atoms with Crippen molar-refractivity contribution in [3.63, 3.8) is 0 Å². The topological polar surface area (TPSA) is 113 Å². The van der Waals surface area contributed by atoms with Crippen molar-refractivity contribution in [3.8, 4) is 0 Å². The SMILES string of the molecule is CC(C)NS(=O)(=O)c1ccc(C(=O)N2CCN(c3ccccc3[N+](=O)[O-])CC2)cc1. The Morgan fingerprint density at radius 1 is 1.03 bits per heavy atom. The molecule has 0 aliphatic carbocycles. The van der Waals surface area contributed by atoms with Gasteiger partial charge in [-0.1, -0.05) is 12.1 Å². The van der Waals surface area contributed by atoms with Crippen LogP contribution in [0.1, 0.15) is 24.2 Å². The molecule has 1 fully saturated rings. The molecule has 0 unspecified atom stereocenters. The van der Waals surface area contributed by atoms with Gasteiger partial charge in [0.1, 0.15) is 5.69 Å². The Balaban J connectivity index is 1.67. The molecule has 1 N–H and O–H groups in total. The smallest absolute Gasteiger partial charge is 0.292 e. The third kappa shape index (κ3) is 4.77. The molecule has 1 aliphatic heterocycles. The molecule has 2 aromatic carbocycles. The van der Waals surface area contributed by atoms with Gasteiger partial charge in [0.2, 0.25) is 10.0 Å². The number of carbonyl (C=O) groups is 1. The number of hydrogen-bond donors (Lipinski definition) is 1. The van der Waals surface area contributed by atoms with Crippen molar-refractivity contribution in [2.45, 2.75) is 24.8 Å². The van der Waals surface area contributed by atoms with E-state index in [0.717, 1.165) is 0 Å². The van der Waals surface area contributed by atoms with Crippen LogP contribution in [0, 0.1) is 10.1 Å².